The Labute approximate surface area is 188 Å². The number of hydrogen-bond donors (Lipinski definition) is 3. The number of amides is 4. The molecule has 170 valence electrons. The lowest BCUT2D eigenvalue weighted by atomic mass is 10.0. The summed E-state index contributed by atoms with van der Waals surface area (Å²) in [5.41, 5.74) is 1.73. The van der Waals surface area contributed by atoms with Crippen LogP contribution in [0.4, 0.5) is 0 Å². The fourth-order valence-corrected chi connectivity index (χ4v) is 3.90. The number of nitrogens with zero attached hydrogens (tertiary/aromatic N) is 1. The molecule has 1 fully saturated rings. The van der Waals surface area contributed by atoms with Gasteiger partial charge in [0.1, 0.15) is 11.8 Å². The van der Waals surface area contributed by atoms with Crippen molar-refractivity contribution in [2.75, 3.05) is 6.61 Å². The molecule has 10 nitrogen and oxygen atoms in total. The Morgan fingerprint density at radius 1 is 1.15 bits per heavy atom. The normalized spacial score (nSPS) is 17.4. The number of piperidine rings is 1. The van der Waals surface area contributed by atoms with Gasteiger partial charge in [-0.2, -0.15) is 0 Å². The lowest BCUT2D eigenvalue weighted by Gasteiger charge is -2.29. The first-order valence-corrected chi connectivity index (χ1v) is 10.3. The molecule has 0 spiro atoms. The molecule has 1 atom stereocenters. The Balaban J connectivity index is 1.37. The van der Waals surface area contributed by atoms with E-state index < -0.39 is 23.8 Å². The van der Waals surface area contributed by atoms with E-state index in [2.05, 4.69) is 10.6 Å². The zero-order valence-corrected chi connectivity index (χ0v) is 17.5. The third-order valence-corrected chi connectivity index (χ3v) is 5.56. The number of hydrogen-bond acceptors (Lipinski definition) is 6. The topological polar surface area (TPSA) is 142 Å². The van der Waals surface area contributed by atoms with E-state index in [4.69, 9.17) is 9.84 Å². The second kappa shape index (κ2) is 9.11. The van der Waals surface area contributed by atoms with E-state index in [0.29, 0.717) is 22.4 Å². The number of aromatic carboxylic acids is 1. The zero-order chi connectivity index (χ0) is 23.5. The van der Waals surface area contributed by atoms with Crippen LogP contribution in [0.3, 0.4) is 0 Å². The molecule has 2 aliphatic heterocycles. The quantitative estimate of drug-likeness (QED) is 0.530. The molecule has 0 bridgehead atoms. The minimum Gasteiger partial charge on any atom is -0.483 e. The molecule has 10 heteroatoms. The highest BCUT2D eigenvalue weighted by molar-refractivity contribution is 6.05. The Morgan fingerprint density at radius 2 is 1.94 bits per heavy atom. The molecular formula is C23H21N3O7. The summed E-state index contributed by atoms with van der Waals surface area (Å²) in [5.74, 6) is -2.29. The molecule has 2 aromatic rings. The van der Waals surface area contributed by atoms with Crippen molar-refractivity contribution in [3.05, 3.63) is 64.7 Å². The molecule has 0 aliphatic carbocycles. The smallest absolute Gasteiger partial charge is 0.335 e. The zero-order valence-electron chi connectivity index (χ0n) is 17.5. The van der Waals surface area contributed by atoms with E-state index >= 15 is 0 Å². The molecule has 4 rings (SSSR count). The number of carboxylic acid groups (broad SMARTS) is 1. The van der Waals surface area contributed by atoms with Crippen molar-refractivity contribution in [2.45, 2.75) is 32.0 Å². The Bertz CT molecular complexity index is 1160. The van der Waals surface area contributed by atoms with Gasteiger partial charge in [0.15, 0.2) is 6.61 Å². The average molecular weight is 451 g/mol. The van der Waals surface area contributed by atoms with Gasteiger partial charge in [-0.05, 0) is 36.2 Å². The Hall–Kier alpha value is -4.21. The van der Waals surface area contributed by atoms with Gasteiger partial charge in [-0.25, -0.2) is 4.79 Å². The summed E-state index contributed by atoms with van der Waals surface area (Å²) in [5, 5.41) is 14.0. The largest absolute Gasteiger partial charge is 0.483 e. The standard InChI is InChI=1S/C23H21N3O7/c27-19-8-7-17(21(29)25-19)26-11-16-15(22(26)30)5-2-6-18(16)33-12-20(28)24-10-13-3-1-4-14(9-13)23(31)32/h1-6,9,17H,7-8,10-12H2,(H,24,28)(H,31,32)(H,25,27,29). The van der Waals surface area contributed by atoms with Crippen molar-refractivity contribution >= 4 is 29.6 Å². The van der Waals surface area contributed by atoms with Crippen LogP contribution in [0.15, 0.2) is 42.5 Å². The van der Waals surface area contributed by atoms with Gasteiger partial charge in [-0.3, -0.25) is 24.5 Å². The SMILES string of the molecule is O=C(COc1cccc2c1CN(C1CCC(=O)NC1=O)C2=O)NCc1cccc(C(=O)O)c1. The fraction of sp³-hybridized carbons (Fsp3) is 0.261. The predicted molar refractivity (Wildman–Crippen MR) is 113 cm³/mol. The van der Waals surface area contributed by atoms with Gasteiger partial charge in [-0.1, -0.05) is 18.2 Å². The summed E-state index contributed by atoms with van der Waals surface area (Å²) in [6, 6.07) is 10.4. The van der Waals surface area contributed by atoms with Crippen LogP contribution in [0.1, 0.15) is 44.7 Å². The van der Waals surface area contributed by atoms with Crippen LogP contribution in [0.2, 0.25) is 0 Å². The summed E-state index contributed by atoms with van der Waals surface area (Å²) in [6.07, 6.45) is 0.418. The van der Waals surface area contributed by atoms with Crippen LogP contribution < -0.4 is 15.4 Å². The molecule has 1 saturated heterocycles. The summed E-state index contributed by atoms with van der Waals surface area (Å²) in [6.45, 7) is -0.0279. The highest BCUT2D eigenvalue weighted by Crippen LogP contribution is 2.33. The van der Waals surface area contributed by atoms with Crippen molar-refractivity contribution in [2.24, 2.45) is 0 Å². The van der Waals surface area contributed by atoms with Crippen LogP contribution in [-0.4, -0.2) is 52.3 Å². The van der Waals surface area contributed by atoms with E-state index in [1.165, 1.54) is 17.0 Å². The molecule has 2 aromatic carbocycles. The maximum Gasteiger partial charge on any atom is 0.335 e. The lowest BCUT2D eigenvalue weighted by Crippen LogP contribution is -2.52. The summed E-state index contributed by atoms with van der Waals surface area (Å²) in [7, 11) is 0. The number of carboxylic acids is 1. The first-order valence-electron chi connectivity index (χ1n) is 10.3. The number of benzene rings is 2. The minimum absolute atomic E-state index is 0.128. The number of ether oxygens (including phenoxy) is 1. The number of rotatable bonds is 7. The van der Waals surface area contributed by atoms with E-state index in [1.807, 2.05) is 0 Å². The molecule has 1 unspecified atom stereocenters. The van der Waals surface area contributed by atoms with Crippen LogP contribution in [0, 0.1) is 0 Å². The molecule has 2 aliphatic rings. The summed E-state index contributed by atoms with van der Waals surface area (Å²) in [4.78, 5) is 61.1. The van der Waals surface area contributed by atoms with Crippen LogP contribution in [0.5, 0.6) is 5.75 Å². The number of carbonyl (C=O) groups is 5. The van der Waals surface area contributed by atoms with Gasteiger partial charge in [0.25, 0.3) is 11.8 Å². The first kappa shape index (κ1) is 22.0. The predicted octanol–water partition coefficient (Wildman–Crippen LogP) is 0.841. The fourth-order valence-electron chi connectivity index (χ4n) is 3.90. The molecule has 0 saturated carbocycles. The minimum atomic E-state index is -1.05. The molecule has 33 heavy (non-hydrogen) atoms. The van der Waals surface area contributed by atoms with Crippen LogP contribution >= 0.6 is 0 Å². The van der Waals surface area contributed by atoms with Crippen molar-refractivity contribution in [3.8, 4) is 5.75 Å². The molecule has 0 aromatic heterocycles. The van der Waals surface area contributed by atoms with Crippen LogP contribution in [-0.2, 0) is 27.5 Å². The molecule has 2 heterocycles. The number of nitrogens with one attached hydrogen (secondary N) is 2. The average Bonchev–Trinajstić information content (AvgIpc) is 3.13. The molecule has 3 N–H and O–H groups in total. The number of imide groups is 1. The maximum absolute atomic E-state index is 12.8. The summed E-state index contributed by atoms with van der Waals surface area (Å²) < 4.78 is 5.65. The van der Waals surface area contributed by atoms with E-state index in [1.54, 1.807) is 30.3 Å². The van der Waals surface area contributed by atoms with Gasteiger partial charge < -0.3 is 20.1 Å². The first-order chi connectivity index (χ1) is 15.8. The van der Waals surface area contributed by atoms with Crippen molar-refractivity contribution in [3.63, 3.8) is 0 Å². The highest BCUT2D eigenvalue weighted by Gasteiger charge is 2.40. The Morgan fingerprint density at radius 3 is 2.70 bits per heavy atom. The number of fused-ring (bicyclic) bond motifs is 1. The van der Waals surface area contributed by atoms with Crippen LogP contribution in [0.25, 0.3) is 0 Å². The Kier molecular flexibility index (Phi) is 6.07. The van der Waals surface area contributed by atoms with E-state index in [-0.39, 0.29) is 49.9 Å². The van der Waals surface area contributed by atoms with Gasteiger partial charge in [0.2, 0.25) is 11.8 Å². The van der Waals surface area contributed by atoms with Crippen molar-refractivity contribution in [1.29, 1.82) is 0 Å². The number of carbonyl (C=O) groups excluding carboxylic acids is 4. The van der Waals surface area contributed by atoms with Gasteiger partial charge >= 0.3 is 5.97 Å². The third-order valence-electron chi connectivity index (χ3n) is 5.56. The van der Waals surface area contributed by atoms with E-state index in [0.717, 1.165) is 0 Å². The second-order valence-electron chi connectivity index (χ2n) is 7.75. The van der Waals surface area contributed by atoms with Gasteiger partial charge in [0.05, 0.1) is 12.1 Å². The highest BCUT2D eigenvalue weighted by atomic mass is 16.5. The lowest BCUT2D eigenvalue weighted by molar-refractivity contribution is -0.137. The summed E-state index contributed by atoms with van der Waals surface area (Å²) >= 11 is 0. The van der Waals surface area contributed by atoms with Crippen molar-refractivity contribution in [1.82, 2.24) is 15.5 Å². The second-order valence-corrected chi connectivity index (χ2v) is 7.75. The molecule has 0 radical (unpaired) electrons. The van der Waals surface area contributed by atoms with Gasteiger partial charge in [-0.15, -0.1) is 0 Å². The monoisotopic (exact) mass is 451 g/mol. The van der Waals surface area contributed by atoms with Crippen molar-refractivity contribution < 1.29 is 33.8 Å². The third kappa shape index (κ3) is 4.69. The van der Waals surface area contributed by atoms with Gasteiger partial charge in [0, 0.05) is 24.1 Å². The maximum atomic E-state index is 12.8. The van der Waals surface area contributed by atoms with E-state index in [9.17, 15) is 24.0 Å². The molecule has 4 amide bonds. The molecular weight excluding hydrogens is 430 g/mol.